The minimum Gasteiger partial charge on any atom is -0.478 e. The molecule has 1 fully saturated rings. The second kappa shape index (κ2) is 4.47. The molecule has 0 spiro atoms. The summed E-state index contributed by atoms with van der Waals surface area (Å²) < 4.78 is 40.7. The van der Waals surface area contributed by atoms with Crippen LogP contribution in [0.15, 0.2) is 18.2 Å². The molecule has 0 saturated heterocycles. The molecule has 2 aromatic rings. The first-order valence-electron chi connectivity index (χ1n) is 6.60. The molecule has 0 radical (unpaired) electrons. The van der Waals surface area contributed by atoms with Crippen LogP contribution in [-0.2, 0) is 6.18 Å². The maximum Gasteiger partial charge on any atom is 0.449 e. The smallest absolute Gasteiger partial charge is 0.449 e. The van der Waals surface area contributed by atoms with E-state index < -0.39 is 18.0 Å². The molecular formula is C14H13F3N2O2. The Morgan fingerprint density at radius 1 is 1.38 bits per heavy atom. The summed E-state index contributed by atoms with van der Waals surface area (Å²) in [5.74, 6) is -1.92. The molecule has 21 heavy (non-hydrogen) atoms. The number of fused-ring (bicyclic) bond motifs is 1. The molecule has 1 saturated carbocycles. The van der Waals surface area contributed by atoms with Gasteiger partial charge in [-0.1, -0.05) is 13.0 Å². The number of alkyl halides is 3. The Labute approximate surface area is 118 Å². The fourth-order valence-corrected chi connectivity index (χ4v) is 2.95. The fourth-order valence-electron chi connectivity index (χ4n) is 2.95. The van der Waals surface area contributed by atoms with Crippen molar-refractivity contribution in [2.75, 3.05) is 0 Å². The Hall–Kier alpha value is -2.05. The van der Waals surface area contributed by atoms with Crippen molar-refractivity contribution in [2.24, 2.45) is 5.92 Å². The van der Waals surface area contributed by atoms with Gasteiger partial charge >= 0.3 is 12.1 Å². The number of hydrogen-bond donors (Lipinski definition) is 1. The highest BCUT2D eigenvalue weighted by Crippen LogP contribution is 2.43. The number of carboxylic acid groups (broad SMARTS) is 1. The molecule has 1 aromatic carbocycles. The summed E-state index contributed by atoms with van der Waals surface area (Å²) in [5.41, 5.74) is -0.00828. The van der Waals surface area contributed by atoms with Gasteiger partial charge in [0.1, 0.15) is 0 Å². The monoisotopic (exact) mass is 298 g/mol. The van der Waals surface area contributed by atoms with Gasteiger partial charge in [0.15, 0.2) is 0 Å². The molecule has 0 amide bonds. The quantitative estimate of drug-likeness (QED) is 0.919. The summed E-state index contributed by atoms with van der Waals surface area (Å²) in [5, 5.41) is 9.22. The van der Waals surface area contributed by atoms with Crippen molar-refractivity contribution in [3.05, 3.63) is 29.6 Å². The van der Waals surface area contributed by atoms with Crippen molar-refractivity contribution in [3.63, 3.8) is 0 Å². The van der Waals surface area contributed by atoms with Gasteiger partial charge < -0.3 is 9.67 Å². The molecule has 4 nitrogen and oxygen atoms in total. The number of rotatable bonds is 2. The summed E-state index contributed by atoms with van der Waals surface area (Å²) in [6.45, 7) is 1.96. The third kappa shape index (κ3) is 2.16. The first kappa shape index (κ1) is 13.9. The maximum absolute atomic E-state index is 13.2. The van der Waals surface area contributed by atoms with E-state index in [1.165, 1.54) is 18.2 Å². The number of carbonyl (C=O) groups is 1. The zero-order valence-electron chi connectivity index (χ0n) is 11.2. The number of nitrogens with zero attached hydrogens (tertiary/aromatic N) is 2. The number of halogens is 3. The van der Waals surface area contributed by atoms with E-state index in [2.05, 4.69) is 4.98 Å². The van der Waals surface area contributed by atoms with E-state index in [1.807, 2.05) is 6.92 Å². The van der Waals surface area contributed by atoms with Gasteiger partial charge in [-0.2, -0.15) is 13.2 Å². The number of para-hydroxylation sites is 1. The lowest BCUT2D eigenvalue weighted by molar-refractivity contribution is -0.148. The predicted molar refractivity (Wildman–Crippen MR) is 69.1 cm³/mol. The first-order valence-corrected chi connectivity index (χ1v) is 6.60. The summed E-state index contributed by atoms with van der Waals surface area (Å²) in [7, 11) is 0. The topological polar surface area (TPSA) is 55.1 Å². The Bertz CT molecular complexity index is 715. The van der Waals surface area contributed by atoms with E-state index in [9.17, 15) is 23.1 Å². The van der Waals surface area contributed by atoms with Gasteiger partial charge in [0.2, 0.25) is 5.82 Å². The highest BCUT2D eigenvalue weighted by atomic mass is 19.4. The number of aromatic nitrogens is 2. The second-order valence-corrected chi connectivity index (χ2v) is 5.51. The highest BCUT2D eigenvalue weighted by molar-refractivity contribution is 6.01. The molecule has 1 heterocycles. The lowest BCUT2D eigenvalue weighted by atomic mass is 9.81. The fraction of sp³-hybridized carbons (Fsp3) is 0.429. The zero-order valence-corrected chi connectivity index (χ0v) is 11.2. The van der Waals surface area contributed by atoms with E-state index >= 15 is 0 Å². The zero-order chi connectivity index (χ0) is 15.4. The van der Waals surface area contributed by atoms with Crippen molar-refractivity contribution >= 4 is 17.0 Å². The number of hydrogen-bond acceptors (Lipinski definition) is 2. The van der Waals surface area contributed by atoms with Gasteiger partial charge in [0.25, 0.3) is 0 Å². The van der Waals surface area contributed by atoms with E-state index in [-0.39, 0.29) is 22.6 Å². The summed E-state index contributed by atoms with van der Waals surface area (Å²) in [6.07, 6.45) is -3.40. The minimum atomic E-state index is -4.60. The number of imidazole rings is 1. The van der Waals surface area contributed by atoms with Gasteiger partial charge in [-0.05, 0) is 30.9 Å². The van der Waals surface area contributed by atoms with Crippen LogP contribution in [0.4, 0.5) is 13.2 Å². The van der Waals surface area contributed by atoms with Crippen LogP contribution in [0.5, 0.6) is 0 Å². The molecule has 7 heteroatoms. The van der Waals surface area contributed by atoms with E-state index in [4.69, 9.17) is 0 Å². The van der Waals surface area contributed by atoms with Crippen LogP contribution in [0, 0.1) is 5.92 Å². The largest absolute Gasteiger partial charge is 0.478 e. The van der Waals surface area contributed by atoms with E-state index in [0.717, 1.165) is 4.57 Å². The molecular weight excluding hydrogens is 285 g/mol. The van der Waals surface area contributed by atoms with Crippen molar-refractivity contribution in [1.29, 1.82) is 0 Å². The van der Waals surface area contributed by atoms with Crippen LogP contribution < -0.4 is 0 Å². The van der Waals surface area contributed by atoms with Crippen LogP contribution >= 0.6 is 0 Å². The standard InChI is InChI=1S/C14H13F3N2O2/c1-7-5-8(6-7)19-11-9(12(20)21)3-2-4-10(11)18-13(19)14(15,16)17/h2-4,7-8H,5-6H2,1H3,(H,20,21). The van der Waals surface area contributed by atoms with Crippen LogP contribution in [0.2, 0.25) is 0 Å². The van der Waals surface area contributed by atoms with Gasteiger partial charge in [-0.15, -0.1) is 0 Å². The normalized spacial score (nSPS) is 22.3. The Morgan fingerprint density at radius 3 is 2.57 bits per heavy atom. The molecule has 1 aromatic heterocycles. The average Bonchev–Trinajstić information content (AvgIpc) is 2.73. The highest BCUT2D eigenvalue weighted by Gasteiger charge is 2.42. The van der Waals surface area contributed by atoms with E-state index in [1.54, 1.807) is 0 Å². The van der Waals surface area contributed by atoms with Gasteiger partial charge in [-0.25, -0.2) is 9.78 Å². The Balaban J connectivity index is 2.30. The van der Waals surface area contributed by atoms with Crippen molar-refractivity contribution in [2.45, 2.75) is 32.0 Å². The maximum atomic E-state index is 13.2. The summed E-state index contributed by atoms with van der Waals surface area (Å²) in [6, 6.07) is 3.79. The van der Waals surface area contributed by atoms with Crippen LogP contribution in [0.25, 0.3) is 11.0 Å². The van der Waals surface area contributed by atoms with E-state index in [0.29, 0.717) is 18.8 Å². The number of carboxylic acids is 1. The summed E-state index contributed by atoms with van der Waals surface area (Å²) in [4.78, 5) is 14.9. The second-order valence-electron chi connectivity index (χ2n) is 5.51. The summed E-state index contributed by atoms with van der Waals surface area (Å²) >= 11 is 0. The number of benzene rings is 1. The number of aromatic carboxylic acids is 1. The molecule has 1 aliphatic carbocycles. The average molecular weight is 298 g/mol. The molecule has 1 N–H and O–H groups in total. The molecule has 112 valence electrons. The third-order valence-electron chi connectivity index (χ3n) is 3.91. The molecule has 0 unspecified atom stereocenters. The third-order valence-corrected chi connectivity index (χ3v) is 3.91. The van der Waals surface area contributed by atoms with Gasteiger partial charge in [0.05, 0.1) is 16.6 Å². The molecule has 3 rings (SSSR count). The predicted octanol–water partition coefficient (Wildman–Crippen LogP) is 3.72. The van der Waals surface area contributed by atoms with Crippen LogP contribution in [-0.4, -0.2) is 20.6 Å². The minimum absolute atomic E-state index is 0.0641. The molecule has 0 aliphatic heterocycles. The Kier molecular flexibility index (Phi) is 2.96. The molecule has 0 atom stereocenters. The first-order chi connectivity index (χ1) is 9.79. The molecule has 0 bridgehead atoms. The lowest BCUT2D eigenvalue weighted by Crippen LogP contribution is -2.29. The molecule has 1 aliphatic rings. The van der Waals surface area contributed by atoms with Gasteiger partial charge in [0, 0.05) is 6.04 Å². The van der Waals surface area contributed by atoms with Crippen molar-refractivity contribution in [1.82, 2.24) is 9.55 Å². The SMILES string of the molecule is CC1CC(n2c(C(F)(F)F)nc3cccc(C(=O)O)c32)C1. The van der Waals surface area contributed by atoms with Crippen molar-refractivity contribution in [3.8, 4) is 0 Å². The van der Waals surface area contributed by atoms with Crippen molar-refractivity contribution < 1.29 is 23.1 Å². The van der Waals surface area contributed by atoms with Crippen LogP contribution in [0.3, 0.4) is 0 Å². The lowest BCUT2D eigenvalue weighted by Gasteiger charge is -2.35. The Morgan fingerprint density at radius 2 is 2.05 bits per heavy atom. The van der Waals surface area contributed by atoms with Crippen LogP contribution in [0.1, 0.15) is 42.0 Å². The van der Waals surface area contributed by atoms with Gasteiger partial charge in [-0.3, -0.25) is 0 Å².